The highest BCUT2D eigenvalue weighted by Gasteiger charge is 2.26. The first kappa shape index (κ1) is 18.1. The summed E-state index contributed by atoms with van der Waals surface area (Å²) in [6.45, 7) is 8.76. The Hall–Kier alpha value is -2.24. The van der Waals surface area contributed by atoms with Gasteiger partial charge in [0, 0.05) is 31.4 Å². The minimum absolute atomic E-state index is 0.333. The van der Waals surface area contributed by atoms with Crippen molar-refractivity contribution in [1.82, 2.24) is 10.6 Å². The number of hydrogen-bond acceptors (Lipinski definition) is 3. The van der Waals surface area contributed by atoms with Crippen molar-refractivity contribution in [3.8, 4) is 0 Å². The standard InChI is InChI=1S/C18H29N5O/c1-4-20-17(21-13-18(2,3)16(19)24)22-14-10-11-23(12-14)15-8-6-5-7-9-15/h5-9,14H,4,10-13H2,1-3H3,(H2,19,24)(H2,20,21,22). The summed E-state index contributed by atoms with van der Waals surface area (Å²) in [7, 11) is 0. The van der Waals surface area contributed by atoms with Crippen LogP contribution in [0.5, 0.6) is 0 Å². The fraction of sp³-hybridized carbons (Fsp3) is 0.556. The van der Waals surface area contributed by atoms with Crippen molar-refractivity contribution < 1.29 is 4.79 Å². The maximum atomic E-state index is 11.4. The van der Waals surface area contributed by atoms with E-state index in [1.165, 1.54) is 5.69 Å². The van der Waals surface area contributed by atoms with Gasteiger partial charge in [-0.25, -0.2) is 0 Å². The molecular weight excluding hydrogens is 302 g/mol. The number of guanidine groups is 1. The van der Waals surface area contributed by atoms with E-state index in [-0.39, 0.29) is 5.91 Å². The molecule has 6 heteroatoms. The first-order valence-corrected chi connectivity index (χ1v) is 8.57. The molecule has 1 aromatic carbocycles. The van der Waals surface area contributed by atoms with E-state index in [2.05, 4.69) is 44.8 Å². The lowest BCUT2D eigenvalue weighted by Gasteiger charge is -2.22. The minimum Gasteiger partial charge on any atom is -0.369 e. The lowest BCUT2D eigenvalue weighted by atomic mass is 9.93. The Morgan fingerprint density at radius 2 is 2.08 bits per heavy atom. The fourth-order valence-electron chi connectivity index (χ4n) is 2.62. The van der Waals surface area contributed by atoms with Crippen LogP contribution in [-0.4, -0.2) is 44.1 Å². The van der Waals surface area contributed by atoms with Crippen LogP contribution in [0, 0.1) is 5.41 Å². The van der Waals surface area contributed by atoms with Crippen molar-refractivity contribution in [2.45, 2.75) is 33.2 Å². The highest BCUT2D eigenvalue weighted by Crippen LogP contribution is 2.19. The molecule has 1 unspecified atom stereocenters. The summed E-state index contributed by atoms with van der Waals surface area (Å²) in [6, 6.07) is 10.8. The van der Waals surface area contributed by atoms with E-state index in [0.717, 1.165) is 32.0 Å². The van der Waals surface area contributed by atoms with E-state index in [1.807, 2.05) is 26.8 Å². The van der Waals surface area contributed by atoms with Crippen LogP contribution in [0.25, 0.3) is 0 Å². The minimum atomic E-state index is -0.645. The molecule has 132 valence electrons. The summed E-state index contributed by atoms with van der Waals surface area (Å²) in [4.78, 5) is 18.4. The molecule has 1 atom stereocenters. The number of carbonyl (C=O) groups excluding carboxylic acids is 1. The molecule has 1 aliphatic heterocycles. The second kappa shape index (κ2) is 8.04. The van der Waals surface area contributed by atoms with Crippen LogP contribution in [0.4, 0.5) is 5.69 Å². The van der Waals surface area contributed by atoms with Gasteiger partial charge in [0.05, 0.1) is 12.0 Å². The van der Waals surface area contributed by atoms with Gasteiger partial charge < -0.3 is 21.3 Å². The summed E-state index contributed by atoms with van der Waals surface area (Å²) in [5, 5.41) is 6.72. The molecule has 0 bridgehead atoms. The van der Waals surface area contributed by atoms with E-state index in [0.29, 0.717) is 12.6 Å². The second-order valence-electron chi connectivity index (χ2n) is 6.85. The molecule has 1 fully saturated rings. The normalized spacial score (nSPS) is 18.5. The average molecular weight is 331 g/mol. The van der Waals surface area contributed by atoms with E-state index in [4.69, 9.17) is 5.73 Å². The number of para-hydroxylation sites is 1. The number of anilines is 1. The van der Waals surface area contributed by atoms with Gasteiger partial charge in [0.1, 0.15) is 0 Å². The molecule has 6 nitrogen and oxygen atoms in total. The van der Waals surface area contributed by atoms with Crippen molar-refractivity contribution in [2.75, 3.05) is 31.1 Å². The van der Waals surface area contributed by atoms with Crippen LogP contribution in [0.3, 0.4) is 0 Å². The molecule has 0 aromatic heterocycles. The third-order valence-corrected chi connectivity index (χ3v) is 4.29. The number of nitrogens with zero attached hydrogens (tertiary/aromatic N) is 2. The Morgan fingerprint density at radius 1 is 1.38 bits per heavy atom. The predicted octanol–water partition coefficient (Wildman–Crippen LogP) is 1.33. The smallest absolute Gasteiger partial charge is 0.224 e. The fourth-order valence-corrected chi connectivity index (χ4v) is 2.62. The molecule has 2 rings (SSSR count). The molecular formula is C18H29N5O. The van der Waals surface area contributed by atoms with Crippen molar-refractivity contribution in [1.29, 1.82) is 0 Å². The Labute approximate surface area is 144 Å². The molecule has 1 aromatic rings. The zero-order valence-electron chi connectivity index (χ0n) is 14.9. The highest BCUT2D eigenvalue weighted by molar-refractivity contribution is 5.82. The summed E-state index contributed by atoms with van der Waals surface area (Å²) in [6.07, 6.45) is 1.05. The quantitative estimate of drug-likeness (QED) is 0.542. The maximum absolute atomic E-state index is 11.4. The van der Waals surface area contributed by atoms with Gasteiger partial charge in [-0.2, -0.15) is 0 Å². The molecule has 1 saturated heterocycles. The topological polar surface area (TPSA) is 82.7 Å². The number of rotatable bonds is 6. The zero-order valence-corrected chi connectivity index (χ0v) is 14.9. The van der Waals surface area contributed by atoms with Crippen LogP contribution in [-0.2, 0) is 4.79 Å². The molecule has 0 saturated carbocycles. The van der Waals surface area contributed by atoms with Gasteiger partial charge in [0.2, 0.25) is 5.91 Å². The molecule has 1 heterocycles. The maximum Gasteiger partial charge on any atom is 0.224 e. The Bertz CT molecular complexity index is 570. The number of nitrogens with two attached hydrogens (primary N) is 1. The SMILES string of the molecule is CCNC(=NCC(C)(C)C(N)=O)NC1CCN(c2ccccc2)C1. The average Bonchev–Trinajstić information content (AvgIpc) is 3.02. The number of aliphatic imine (C=N–C) groups is 1. The van der Waals surface area contributed by atoms with Gasteiger partial charge in [-0.05, 0) is 39.3 Å². The van der Waals surface area contributed by atoms with E-state index in [9.17, 15) is 4.79 Å². The second-order valence-corrected chi connectivity index (χ2v) is 6.85. The summed E-state index contributed by atoms with van der Waals surface area (Å²) in [5.74, 6) is 0.407. The first-order valence-electron chi connectivity index (χ1n) is 8.57. The molecule has 24 heavy (non-hydrogen) atoms. The first-order chi connectivity index (χ1) is 11.4. The van der Waals surface area contributed by atoms with Crippen LogP contribution in [0.15, 0.2) is 35.3 Å². The number of benzene rings is 1. The molecule has 0 radical (unpaired) electrons. The summed E-state index contributed by atoms with van der Waals surface area (Å²) in [5.41, 5.74) is 6.02. The van der Waals surface area contributed by atoms with Gasteiger partial charge in [0.25, 0.3) is 0 Å². The summed E-state index contributed by atoms with van der Waals surface area (Å²) < 4.78 is 0. The van der Waals surface area contributed by atoms with E-state index < -0.39 is 5.41 Å². The lowest BCUT2D eigenvalue weighted by Crippen LogP contribution is -2.45. The predicted molar refractivity (Wildman–Crippen MR) is 99.1 cm³/mol. The Morgan fingerprint density at radius 3 is 2.71 bits per heavy atom. The zero-order chi connectivity index (χ0) is 17.6. The monoisotopic (exact) mass is 331 g/mol. The van der Waals surface area contributed by atoms with Crippen molar-refractivity contribution in [3.05, 3.63) is 30.3 Å². The van der Waals surface area contributed by atoms with E-state index >= 15 is 0 Å². The number of nitrogens with one attached hydrogen (secondary N) is 2. The number of amides is 1. The van der Waals surface area contributed by atoms with E-state index in [1.54, 1.807) is 0 Å². The van der Waals surface area contributed by atoms with Crippen molar-refractivity contribution in [3.63, 3.8) is 0 Å². The van der Waals surface area contributed by atoms with Gasteiger partial charge in [-0.15, -0.1) is 0 Å². The van der Waals surface area contributed by atoms with Crippen molar-refractivity contribution >= 4 is 17.6 Å². The van der Waals surface area contributed by atoms with Gasteiger partial charge >= 0.3 is 0 Å². The molecule has 0 aliphatic carbocycles. The molecule has 1 amide bonds. The Kier molecular flexibility index (Phi) is 6.06. The van der Waals surface area contributed by atoms with Crippen LogP contribution in [0.2, 0.25) is 0 Å². The summed E-state index contributed by atoms with van der Waals surface area (Å²) >= 11 is 0. The van der Waals surface area contributed by atoms with Crippen molar-refractivity contribution in [2.24, 2.45) is 16.1 Å². The third-order valence-electron chi connectivity index (χ3n) is 4.29. The third kappa shape index (κ3) is 4.88. The molecule has 0 spiro atoms. The van der Waals surface area contributed by atoms with Crippen LogP contribution >= 0.6 is 0 Å². The largest absolute Gasteiger partial charge is 0.369 e. The van der Waals surface area contributed by atoms with Gasteiger partial charge in [0.15, 0.2) is 5.96 Å². The number of primary amides is 1. The number of carbonyl (C=O) groups is 1. The van der Waals surface area contributed by atoms with Gasteiger partial charge in [-0.3, -0.25) is 9.79 Å². The highest BCUT2D eigenvalue weighted by atomic mass is 16.1. The lowest BCUT2D eigenvalue weighted by molar-refractivity contribution is -0.125. The van der Waals surface area contributed by atoms with Crippen LogP contribution < -0.4 is 21.3 Å². The Balaban J connectivity index is 1.95. The molecule has 1 aliphatic rings. The van der Waals surface area contributed by atoms with Gasteiger partial charge in [-0.1, -0.05) is 18.2 Å². The van der Waals surface area contributed by atoms with Crippen LogP contribution in [0.1, 0.15) is 27.2 Å². The number of hydrogen-bond donors (Lipinski definition) is 3. The molecule has 4 N–H and O–H groups in total.